The van der Waals surface area contributed by atoms with Crippen molar-refractivity contribution in [3.05, 3.63) is 29.8 Å². The second-order valence-electron chi connectivity index (χ2n) is 5.27. The van der Waals surface area contributed by atoms with Crippen molar-refractivity contribution in [1.29, 1.82) is 0 Å². The first-order valence-corrected chi connectivity index (χ1v) is 8.55. The van der Waals surface area contributed by atoms with Crippen LogP contribution in [0.4, 0.5) is 0 Å². The van der Waals surface area contributed by atoms with Crippen LogP contribution in [0.25, 0.3) is 0 Å². The number of aliphatic carboxylic acids is 1. The molecule has 0 heterocycles. The summed E-state index contributed by atoms with van der Waals surface area (Å²) in [5, 5.41) is 11.9. The van der Waals surface area contributed by atoms with Crippen LogP contribution in [0.1, 0.15) is 31.4 Å². The van der Waals surface area contributed by atoms with Crippen LogP contribution >= 0.6 is 11.8 Å². The van der Waals surface area contributed by atoms with Crippen molar-refractivity contribution in [3.63, 3.8) is 0 Å². The molecule has 3 unspecified atom stereocenters. The van der Waals surface area contributed by atoms with Gasteiger partial charge in [0, 0.05) is 11.5 Å². The molecule has 1 aromatic rings. The van der Waals surface area contributed by atoms with Crippen LogP contribution in [0.2, 0.25) is 0 Å². The Morgan fingerprint density at radius 3 is 2.64 bits per heavy atom. The molecule has 2 N–H and O–H groups in total. The number of hydrogen-bond acceptors (Lipinski definition) is 4. The molecule has 0 bridgehead atoms. The highest BCUT2D eigenvalue weighted by molar-refractivity contribution is 7.98. The zero-order valence-electron chi connectivity index (χ0n) is 12.7. The third-order valence-electron chi connectivity index (χ3n) is 3.66. The summed E-state index contributed by atoms with van der Waals surface area (Å²) in [6.07, 6.45) is 2.54. The van der Waals surface area contributed by atoms with Crippen LogP contribution < -0.4 is 5.32 Å². The highest BCUT2D eigenvalue weighted by Gasteiger charge is 2.44. The van der Waals surface area contributed by atoms with E-state index in [-0.39, 0.29) is 24.3 Å². The lowest BCUT2D eigenvalue weighted by Crippen LogP contribution is -2.32. The number of rotatable bonds is 8. The van der Waals surface area contributed by atoms with E-state index >= 15 is 0 Å². The SMILES string of the molecule is CCOC1CC1C(=O)NC(CC(=O)O)c1ccc(SC)cc1. The lowest BCUT2D eigenvalue weighted by Gasteiger charge is -2.18. The van der Waals surface area contributed by atoms with Crippen molar-refractivity contribution in [3.8, 4) is 0 Å². The lowest BCUT2D eigenvalue weighted by atomic mass is 10.0. The molecule has 0 saturated heterocycles. The fourth-order valence-electron chi connectivity index (χ4n) is 2.39. The van der Waals surface area contributed by atoms with Gasteiger partial charge in [0.2, 0.25) is 5.91 Å². The number of hydrogen-bond donors (Lipinski definition) is 2. The van der Waals surface area contributed by atoms with Gasteiger partial charge in [0.05, 0.1) is 24.5 Å². The molecule has 0 radical (unpaired) electrons. The smallest absolute Gasteiger partial charge is 0.305 e. The van der Waals surface area contributed by atoms with E-state index in [0.717, 1.165) is 10.5 Å². The minimum absolute atomic E-state index is 0.0191. The Labute approximate surface area is 134 Å². The Morgan fingerprint density at radius 1 is 1.41 bits per heavy atom. The van der Waals surface area contributed by atoms with Gasteiger partial charge >= 0.3 is 5.97 Å². The zero-order valence-corrected chi connectivity index (χ0v) is 13.6. The maximum Gasteiger partial charge on any atom is 0.305 e. The summed E-state index contributed by atoms with van der Waals surface area (Å²) >= 11 is 1.62. The van der Waals surface area contributed by atoms with E-state index < -0.39 is 12.0 Å². The summed E-state index contributed by atoms with van der Waals surface area (Å²) in [7, 11) is 0. The van der Waals surface area contributed by atoms with Crippen molar-refractivity contribution in [2.75, 3.05) is 12.9 Å². The molecule has 0 aliphatic heterocycles. The third kappa shape index (κ3) is 4.48. The van der Waals surface area contributed by atoms with Crippen molar-refractivity contribution in [2.24, 2.45) is 5.92 Å². The van der Waals surface area contributed by atoms with Gasteiger partial charge in [-0.15, -0.1) is 11.8 Å². The molecule has 6 heteroatoms. The molecule has 1 aliphatic rings. The van der Waals surface area contributed by atoms with Crippen LogP contribution in [0.5, 0.6) is 0 Å². The average molecular weight is 323 g/mol. The van der Waals surface area contributed by atoms with Crippen LogP contribution in [-0.2, 0) is 14.3 Å². The first-order chi connectivity index (χ1) is 10.5. The van der Waals surface area contributed by atoms with E-state index in [0.29, 0.717) is 13.0 Å². The van der Waals surface area contributed by atoms with Crippen molar-refractivity contribution in [2.45, 2.75) is 36.8 Å². The molecule has 1 amide bonds. The number of carboxylic acid groups (broad SMARTS) is 1. The molecule has 22 heavy (non-hydrogen) atoms. The Kier molecular flexibility index (Phi) is 5.85. The highest BCUT2D eigenvalue weighted by Crippen LogP contribution is 2.34. The van der Waals surface area contributed by atoms with Gasteiger partial charge in [-0.05, 0) is 37.3 Å². The molecule has 120 valence electrons. The van der Waals surface area contributed by atoms with Gasteiger partial charge in [-0.2, -0.15) is 0 Å². The van der Waals surface area contributed by atoms with Gasteiger partial charge in [0.15, 0.2) is 0 Å². The summed E-state index contributed by atoms with van der Waals surface area (Å²) in [4.78, 5) is 24.4. The Bertz CT molecular complexity index is 531. The first kappa shape index (κ1) is 16.8. The fraction of sp³-hybridized carbons (Fsp3) is 0.500. The highest BCUT2D eigenvalue weighted by atomic mass is 32.2. The normalized spacial score (nSPS) is 21.2. The van der Waals surface area contributed by atoms with E-state index in [1.165, 1.54) is 0 Å². The van der Waals surface area contributed by atoms with Crippen LogP contribution in [0.15, 0.2) is 29.2 Å². The van der Waals surface area contributed by atoms with E-state index in [1.807, 2.05) is 37.4 Å². The van der Waals surface area contributed by atoms with Crippen LogP contribution in [0, 0.1) is 5.92 Å². The molecular weight excluding hydrogens is 302 g/mol. The number of carbonyl (C=O) groups excluding carboxylic acids is 1. The molecule has 1 aliphatic carbocycles. The molecule has 5 nitrogen and oxygen atoms in total. The Morgan fingerprint density at radius 2 is 2.09 bits per heavy atom. The molecule has 3 atom stereocenters. The molecule has 0 aromatic heterocycles. The number of benzene rings is 1. The van der Waals surface area contributed by atoms with Gasteiger partial charge in [0.25, 0.3) is 0 Å². The molecule has 2 rings (SSSR count). The average Bonchev–Trinajstić information content (AvgIpc) is 3.26. The quantitative estimate of drug-likeness (QED) is 0.719. The van der Waals surface area contributed by atoms with Crippen molar-refractivity contribution < 1.29 is 19.4 Å². The van der Waals surface area contributed by atoms with Crippen molar-refractivity contribution in [1.82, 2.24) is 5.32 Å². The summed E-state index contributed by atoms with van der Waals surface area (Å²) < 4.78 is 5.41. The van der Waals surface area contributed by atoms with E-state index in [9.17, 15) is 9.59 Å². The summed E-state index contributed by atoms with van der Waals surface area (Å²) in [5.41, 5.74) is 0.808. The summed E-state index contributed by atoms with van der Waals surface area (Å²) in [6, 6.07) is 7.09. The van der Waals surface area contributed by atoms with Gasteiger partial charge in [0.1, 0.15) is 0 Å². The van der Waals surface area contributed by atoms with Gasteiger partial charge in [-0.25, -0.2) is 0 Å². The van der Waals surface area contributed by atoms with Gasteiger partial charge in [-0.1, -0.05) is 12.1 Å². The largest absolute Gasteiger partial charge is 0.481 e. The fourth-order valence-corrected chi connectivity index (χ4v) is 2.80. The molecular formula is C16H21NO4S. The van der Waals surface area contributed by atoms with Gasteiger partial charge < -0.3 is 15.2 Å². The second kappa shape index (κ2) is 7.65. The first-order valence-electron chi connectivity index (χ1n) is 7.32. The predicted octanol–water partition coefficient (Wildman–Crippen LogP) is 2.47. The summed E-state index contributed by atoms with van der Waals surface area (Å²) in [6.45, 7) is 2.48. The number of carboxylic acids is 1. The summed E-state index contributed by atoms with van der Waals surface area (Å²) in [5.74, 6) is -1.21. The predicted molar refractivity (Wildman–Crippen MR) is 84.9 cm³/mol. The van der Waals surface area contributed by atoms with Gasteiger partial charge in [-0.3, -0.25) is 9.59 Å². The number of amides is 1. The third-order valence-corrected chi connectivity index (χ3v) is 4.41. The standard InChI is InChI=1S/C16H21NO4S/c1-3-21-14-8-12(14)16(20)17-13(9-15(18)19)10-4-6-11(22-2)7-5-10/h4-7,12-14H,3,8-9H2,1-2H3,(H,17,20)(H,18,19). The Balaban J connectivity index is 2.02. The lowest BCUT2D eigenvalue weighted by molar-refractivity contribution is -0.137. The maximum atomic E-state index is 12.2. The number of ether oxygens (including phenoxy) is 1. The molecule has 1 saturated carbocycles. The zero-order chi connectivity index (χ0) is 16.1. The molecule has 1 fully saturated rings. The molecule has 1 aromatic carbocycles. The Hall–Kier alpha value is -1.53. The monoisotopic (exact) mass is 323 g/mol. The minimum Gasteiger partial charge on any atom is -0.481 e. The topological polar surface area (TPSA) is 75.6 Å². The molecule has 0 spiro atoms. The second-order valence-corrected chi connectivity index (χ2v) is 6.15. The van der Waals surface area contributed by atoms with Crippen LogP contribution in [-0.4, -0.2) is 35.9 Å². The van der Waals surface area contributed by atoms with E-state index in [1.54, 1.807) is 11.8 Å². The minimum atomic E-state index is -0.934. The maximum absolute atomic E-state index is 12.2. The number of nitrogens with one attached hydrogen (secondary N) is 1. The van der Waals surface area contributed by atoms with E-state index in [4.69, 9.17) is 9.84 Å². The van der Waals surface area contributed by atoms with E-state index in [2.05, 4.69) is 5.32 Å². The van der Waals surface area contributed by atoms with Crippen molar-refractivity contribution >= 4 is 23.6 Å². The number of thioether (sulfide) groups is 1. The van der Waals surface area contributed by atoms with Crippen LogP contribution in [0.3, 0.4) is 0 Å². The number of carbonyl (C=O) groups is 2.